The first-order valence-corrected chi connectivity index (χ1v) is 8.89. The lowest BCUT2D eigenvalue weighted by Crippen LogP contribution is -2.45. The Hall–Kier alpha value is -1.58. The Bertz CT molecular complexity index is 636. The van der Waals surface area contributed by atoms with Crippen molar-refractivity contribution in [1.29, 1.82) is 5.26 Å². The highest BCUT2D eigenvalue weighted by Crippen LogP contribution is 2.28. The van der Waals surface area contributed by atoms with Gasteiger partial charge in [-0.15, -0.1) is 0 Å². The SMILES string of the molecule is N#Cc1ccc(N2CCC(NS(=O)(=O)C3CC3)CC2)cc1. The molecule has 1 aromatic carbocycles. The Balaban J connectivity index is 1.56. The highest BCUT2D eigenvalue weighted by Gasteiger charge is 2.37. The Morgan fingerprint density at radius 1 is 1.10 bits per heavy atom. The second-order valence-corrected chi connectivity index (χ2v) is 7.77. The zero-order chi connectivity index (χ0) is 14.9. The van der Waals surface area contributed by atoms with Gasteiger partial charge >= 0.3 is 0 Å². The molecule has 2 aliphatic rings. The van der Waals surface area contributed by atoms with Crippen LogP contribution in [-0.2, 0) is 10.0 Å². The third-order valence-corrected chi connectivity index (χ3v) is 6.16. The lowest BCUT2D eigenvalue weighted by Gasteiger charge is -2.33. The van der Waals surface area contributed by atoms with Gasteiger partial charge in [-0.2, -0.15) is 5.26 Å². The van der Waals surface area contributed by atoms with Crippen LogP contribution in [0.2, 0.25) is 0 Å². The molecule has 0 aromatic heterocycles. The van der Waals surface area contributed by atoms with E-state index in [9.17, 15) is 8.42 Å². The van der Waals surface area contributed by atoms with Crippen molar-refractivity contribution in [3.05, 3.63) is 29.8 Å². The summed E-state index contributed by atoms with van der Waals surface area (Å²) in [6.07, 6.45) is 3.26. The molecular weight excluding hydrogens is 286 g/mol. The van der Waals surface area contributed by atoms with Crippen molar-refractivity contribution in [3.63, 3.8) is 0 Å². The minimum Gasteiger partial charge on any atom is -0.371 e. The van der Waals surface area contributed by atoms with Crippen LogP contribution < -0.4 is 9.62 Å². The van der Waals surface area contributed by atoms with E-state index >= 15 is 0 Å². The summed E-state index contributed by atoms with van der Waals surface area (Å²) in [6.45, 7) is 1.67. The van der Waals surface area contributed by atoms with Gasteiger partial charge in [0.25, 0.3) is 0 Å². The third kappa shape index (κ3) is 3.36. The standard InChI is InChI=1S/C15H19N3O2S/c16-11-12-1-3-14(4-2-12)18-9-7-13(8-10-18)17-21(19,20)15-5-6-15/h1-4,13,15,17H,5-10H2. The normalized spacial score (nSPS) is 20.2. The van der Waals surface area contributed by atoms with Gasteiger partial charge in [0.05, 0.1) is 16.9 Å². The van der Waals surface area contributed by atoms with E-state index in [1.165, 1.54) is 0 Å². The number of nitriles is 1. The van der Waals surface area contributed by atoms with Gasteiger partial charge in [0, 0.05) is 24.8 Å². The first-order chi connectivity index (χ1) is 10.1. The molecule has 1 saturated heterocycles. The number of piperidine rings is 1. The molecular formula is C15H19N3O2S. The Morgan fingerprint density at radius 3 is 2.24 bits per heavy atom. The number of nitrogens with zero attached hydrogens (tertiary/aromatic N) is 2. The summed E-state index contributed by atoms with van der Waals surface area (Å²) in [5.41, 5.74) is 1.75. The van der Waals surface area contributed by atoms with Gasteiger partial charge in [-0.3, -0.25) is 0 Å². The van der Waals surface area contributed by atoms with E-state index in [1.807, 2.05) is 24.3 Å². The van der Waals surface area contributed by atoms with Gasteiger partial charge in [-0.1, -0.05) is 0 Å². The minimum absolute atomic E-state index is 0.0604. The van der Waals surface area contributed by atoms with E-state index in [2.05, 4.69) is 15.7 Å². The zero-order valence-electron chi connectivity index (χ0n) is 11.8. The van der Waals surface area contributed by atoms with Gasteiger partial charge in [0.2, 0.25) is 10.0 Å². The van der Waals surface area contributed by atoms with Crippen molar-refractivity contribution >= 4 is 15.7 Å². The Morgan fingerprint density at radius 2 is 1.71 bits per heavy atom. The predicted molar refractivity (Wildman–Crippen MR) is 81.5 cm³/mol. The first kappa shape index (κ1) is 14.4. The summed E-state index contributed by atoms with van der Waals surface area (Å²) in [5.74, 6) is 0. The van der Waals surface area contributed by atoms with E-state index in [0.717, 1.165) is 44.5 Å². The number of nitrogens with one attached hydrogen (secondary N) is 1. The van der Waals surface area contributed by atoms with Crippen molar-refractivity contribution in [1.82, 2.24) is 4.72 Å². The molecule has 1 saturated carbocycles. The molecule has 1 aromatic rings. The van der Waals surface area contributed by atoms with Crippen LogP contribution in [0.4, 0.5) is 5.69 Å². The molecule has 5 nitrogen and oxygen atoms in total. The molecule has 0 bridgehead atoms. The topological polar surface area (TPSA) is 73.2 Å². The molecule has 1 N–H and O–H groups in total. The number of rotatable bonds is 4. The van der Waals surface area contributed by atoms with Crippen LogP contribution >= 0.6 is 0 Å². The molecule has 112 valence electrons. The van der Waals surface area contributed by atoms with E-state index in [4.69, 9.17) is 5.26 Å². The summed E-state index contributed by atoms with van der Waals surface area (Å²) >= 11 is 0. The molecule has 0 unspecified atom stereocenters. The maximum atomic E-state index is 11.9. The van der Waals surface area contributed by atoms with Crippen molar-refractivity contribution in [2.45, 2.75) is 37.0 Å². The van der Waals surface area contributed by atoms with Gasteiger partial charge in [0.1, 0.15) is 0 Å². The molecule has 1 heterocycles. The van der Waals surface area contributed by atoms with Crippen LogP contribution in [0.1, 0.15) is 31.2 Å². The number of benzene rings is 1. The molecule has 2 fully saturated rings. The van der Waals surface area contributed by atoms with E-state index in [0.29, 0.717) is 5.56 Å². The molecule has 21 heavy (non-hydrogen) atoms. The van der Waals surface area contributed by atoms with Crippen molar-refractivity contribution in [2.75, 3.05) is 18.0 Å². The lowest BCUT2D eigenvalue weighted by atomic mass is 10.1. The monoisotopic (exact) mass is 305 g/mol. The maximum absolute atomic E-state index is 11.9. The van der Waals surface area contributed by atoms with Crippen molar-refractivity contribution < 1.29 is 8.42 Å². The maximum Gasteiger partial charge on any atom is 0.214 e. The predicted octanol–water partition coefficient (Wildman–Crippen LogP) is 1.61. The highest BCUT2D eigenvalue weighted by molar-refractivity contribution is 7.90. The average molecular weight is 305 g/mol. The average Bonchev–Trinajstić information content (AvgIpc) is 3.33. The number of hydrogen-bond acceptors (Lipinski definition) is 4. The molecule has 0 spiro atoms. The Labute approximate surface area is 125 Å². The first-order valence-electron chi connectivity index (χ1n) is 7.35. The van der Waals surface area contributed by atoms with Crippen molar-refractivity contribution in [2.24, 2.45) is 0 Å². The van der Waals surface area contributed by atoms with Crippen LogP contribution in [0.5, 0.6) is 0 Å². The molecule has 6 heteroatoms. The molecule has 0 amide bonds. The van der Waals surface area contributed by atoms with E-state index < -0.39 is 10.0 Å². The fourth-order valence-electron chi connectivity index (χ4n) is 2.71. The number of sulfonamides is 1. The largest absolute Gasteiger partial charge is 0.371 e. The van der Waals surface area contributed by atoms with Crippen LogP contribution in [-0.4, -0.2) is 32.8 Å². The third-order valence-electron chi connectivity index (χ3n) is 4.15. The molecule has 3 rings (SSSR count). The fourth-order valence-corrected chi connectivity index (χ4v) is 4.36. The fraction of sp³-hybridized carbons (Fsp3) is 0.533. The van der Waals surface area contributed by atoms with Crippen LogP contribution in [0, 0.1) is 11.3 Å². The molecule has 1 aliphatic heterocycles. The van der Waals surface area contributed by atoms with Gasteiger partial charge in [-0.25, -0.2) is 13.1 Å². The summed E-state index contributed by atoms with van der Waals surface area (Å²) in [4.78, 5) is 2.24. The summed E-state index contributed by atoms with van der Waals surface area (Å²) in [5, 5.41) is 8.66. The molecule has 0 atom stereocenters. The van der Waals surface area contributed by atoms with Crippen LogP contribution in [0.25, 0.3) is 0 Å². The van der Waals surface area contributed by atoms with E-state index in [1.54, 1.807) is 0 Å². The van der Waals surface area contributed by atoms with Crippen molar-refractivity contribution in [3.8, 4) is 6.07 Å². The van der Waals surface area contributed by atoms with Gasteiger partial charge < -0.3 is 4.90 Å². The summed E-state index contributed by atoms with van der Waals surface area (Å²) in [6, 6.07) is 9.71. The summed E-state index contributed by atoms with van der Waals surface area (Å²) < 4.78 is 26.7. The van der Waals surface area contributed by atoms with E-state index in [-0.39, 0.29) is 11.3 Å². The highest BCUT2D eigenvalue weighted by atomic mass is 32.2. The number of anilines is 1. The second-order valence-electron chi connectivity index (χ2n) is 5.78. The minimum atomic E-state index is -3.08. The molecule has 1 aliphatic carbocycles. The zero-order valence-corrected chi connectivity index (χ0v) is 12.6. The number of hydrogen-bond donors (Lipinski definition) is 1. The van der Waals surface area contributed by atoms with Gasteiger partial charge in [-0.05, 0) is 49.9 Å². The van der Waals surface area contributed by atoms with Crippen LogP contribution in [0.15, 0.2) is 24.3 Å². The Kier molecular flexibility index (Phi) is 3.87. The quantitative estimate of drug-likeness (QED) is 0.917. The summed E-state index contributed by atoms with van der Waals surface area (Å²) in [7, 11) is -3.08. The van der Waals surface area contributed by atoms with Gasteiger partial charge in [0.15, 0.2) is 0 Å². The molecule has 0 radical (unpaired) electrons. The second kappa shape index (κ2) is 5.66. The van der Waals surface area contributed by atoms with Crippen LogP contribution in [0.3, 0.4) is 0 Å². The lowest BCUT2D eigenvalue weighted by molar-refractivity contribution is 0.459. The smallest absolute Gasteiger partial charge is 0.214 e.